The number of aromatic nitrogens is 1. The molecule has 1 aromatic rings. The number of nitriles is 1. The van der Waals surface area contributed by atoms with Gasteiger partial charge in [-0.2, -0.15) is 5.26 Å². The van der Waals surface area contributed by atoms with Crippen molar-refractivity contribution < 1.29 is 0 Å². The second-order valence-electron chi connectivity index (χ2n) is 4.79. The van der Waals surface area contributed by atoms with Gasteiger partial charge < -0.3 is 10.2 Å². The Balaban J connectivity index is 2.08. The Morgan fingerprint density at radius 2 is 2.12 bits per heavy atom. The van der Waals surface area contributed by atoms with Gasteiger partial charge in [0.25, 0.3) is 0 Å². The molecule has 1 aliphatic rings. The van der Waals surface area contributed by atoms with Gasteiger partial charge in [0.15, 0.2) is 0 Å². The fourth-order valence-electron chi connectivity index (χ4n) is 2.14. The van der Waals surface area contributed by atoms with Crippen molar-refractivity contribution >= 4 is 5.82 Å². The summed E-state index contributed by atoms with van der Waals surface area (Å²) in [6.07, 6.45) is 2.20. The maximum atomic E-state index is 8.84. The maximum absolute atomic E-state index is 8.84. The highest BCUT2D eigenvalue weighted by Crippen LogP contribution is 2.24. The van der Waals surface area contributed by atoms with Crippen molar-refractivity contribution in [2.45, 2.75) is 25.3 Å². The first kappa shape index (κ1) is 11.9. The Morgan fingerprint density at radius 1 is 1.41 bits per heavy atom. The monoisotopic (exact) mass is 230 g/mol. The third-order valence-electron chi connectivity index (χ3n) is 3.64. The Hall–Kier alpha value is -1.60. The number of anilines is 1. The molecule has 1 saturated heterocycles. The van der Waals surface area contributed by atoms with Crippen LogP contribution in [-0.2, 0) is 0 Å². The molecule has 0 aliphatic carbocycles. The van der Waals surface area contributed by atoms with E-state index in [9.17, 15) is 0 Å². The molecule has 0 bridgehead atoms. The Labute approximate surface area is 102 Å². The van der Waals surface area contributed by atoms with Gasteiger partial charge in [-0.1, -0.05) is 6.07 Å². The van der Waals surface area contributed by atoms with Crippen LogP contribution in [-0.4, -0.2) is 30.7 Å². The third kappa shape index (κ3) is 2.56. The number of nitrogens with zero attached hydrogens (tertiary/aromatic N) is 3. The van der Waals surface area contributed by atoms with Crippen molar-refractivity contribution in [1.82, 2.24) is 10.3 Å². The van der Waals surface area contributed by atoms with Gasteiger partial charge in [0, 0.05) is 18.6 Å². The smallest absolute Gasteiger partial charge is 0.142 e. The van der Waals surface area contributed by atoms with Crippen LogP contribution < -0.4 is 10.2 Å². The van der Waals surface area contributed by atoms with Crippen LogP contribution in [0.3, 0.4) is 0 Å². The molecule has 4 heteroatoms. The molecule has 0 spiro atoms. The van der Waals surface area contributed by atoms with E-state index in [0.29, 0.717) is 5.69 Å². The number of rotatable bonds is 2. The van der Waals surface area contributed by atoms with Gasteiger partial charge >= 0.3 is 0 Å². The molecule has 2 heterocycles. The van der Waals surface area contributed by atoms with Crippen LogP contribution in [0.1, 0.15) is 25.5 Å². The molecule has 90 valence electrons. The lowest BCUT2D eigenvalue weighted by Gasteiger charge is -2.39. The fraction of sp³-hybridized carbons (Fsp3) is 0.538. The van der Waals surface area contributed by atoms with E-state index >= 15 is 0 Å². The van der Waals surface area contributed by atoms with Crippen molar-refractivity contribution in [1.29, 1.82) is 5.26 Å². The highest BCUT2D eigenvalue weighted by atomic mass is 15.2. The fourth-order valence-corrected chi connectivity index (χ4v) is 2.14. The molecule has 1 N–H and O–H groups in total. The van der Waals surface area contributed by atoms with E-state index in [-0.39, 0.29) is 5.54 Å². The summed E-state index contributed by atoms with van der Waals surface area (Å²) >= 11 is 0. The molecule has 0 amide bonds. The van der Waals surface area contributed by atoms with Gasteiger partial charge in [-0.25, -0.2) is 4.98 Å². The topological polar surface area (TPSA) is 52.0 Å². The van der Waals surface area contributed by atoms with E-state index in [0.717, 1.165) is 31.7 Å². The molecule has 0 atom stereocenters. The molecule has 1 aromatic heterocycles. The number of nitrogens with one attached hydrogen (secondary N) is 1. The van der Waals surface area contributed by atoms with E-state index in [4.69, 9.17) is 5.26 Å². The second kappa shape index (κ2) is 4.72. The van der Waals surface area contributed by atoms with Crippen LogP contribution in [0.2, 0.25) is 0 Å². The summed E-state index contributed by atoms with van der Waals surface area (Å²) in [5.74, 6) is 0.919. The van der Waals surface area contributed by atoms with Crippen LogP contribution in [0.15, 0.2) is 18.2 Å². The van der Waals surface area contributed by atoms with Crippen LogP contribution in [0.5, 0.6) is 0 Å². The molecule has 0 radical (unpaired) electrons. The Bertz CT molecular complexity index is 427. The number of piperidine rings is 1. The number of pyridine rings is 1. The molecule has 1 fully saturated rings. The van der Waals surface area contributed by atoms with Crippen molar-refractivity contribution in [2.75, 3.05) is 25.0 Å². The van der Waals surface area contributed by atoms with Crippen molar-refractivity contribution in [2.24, 2.45) is 0 Å². The van der Waals surface area contributed by atoms with Crippen LogP contribution in [0, 0.1) is 11.3 Å². The lowest BCUT2D eigenvalue weighted by Crippen LogP contribution is -2.50. The zero-order chi connectivity index (χ0) is 12.3. The van der Waals surface area contributed by atoms with E-state index in [1.54, 1.807) is 6.07 Å². The molecule has 1 aliphatic heterocycles. The minimum Gasteiger partial charge on any atom is -0.356 e. The van der Waals surface area contributed by atoms with E-state index in [2.05, 4.69) is 28.2 Å². The summed E-state index contributed by atoms with van der Waals surface area (Å²) in [6.45, 7) is 4.22. The van der Waals surface area contributed by atoms with Crippen molar-refractivity contribution in [3.05, 3.63) is 23.9 Å². The molecular formula is C13H18N4. The predicted molar refractivity (Wildman–Crippen MR) is 67.9 cm³/mol. The van der Waals surface area contributed by atoms with Gasteiger partial charge in [-0.15, -0.1) is 0 Å². The zero-order valence-corrected chi connectivity index (χ0v) is 10.4. The average Bonchev–Trinajstić information content (AvgIpc) is 2.40. The standard InChI is InChI=1S/C13H18N4/c1-13(15-2)6-8-17(9-7-13)12-5-3-4-11(10-14)16-12/h3-5,15H,6-9H2,1-2H3. The zero-order valence-electron chi connectivity index (χ0n) is 10.4. The first-order valence-electron chi connectivity index (χ1n) is 5.98. The first-order valence-corrected chi connectivity index (χ1v) is 5.98. The van der Waals surface area contributed by atoms with Gasteiger partial charge in [0.2, 0.25) is 0 Å². The molecule has 4 nitrogen and oxygen atoms in total. The minimum atomic E-state index is 0.239. The largest absolute Gasteiger partial charge is 0.356 e. The lowest BCUT2D eigenvalue weighted by molar-refractivity contribution is 0.304. The van der Waals surface area contributed by atoms with Gasteiger partial charge in [-0.3, -0.25) is 0 Å². The van der Waals surface area contributed by atoms with Crippen LogP contribution in [0.25, 0.3) is 0 Å². The summed E-state index contributed by atoms with van der Waals surface area (Å²) < 4.78 is 0. The molecular weight excluding hydrogens is 212 g/mol. The van der Waals surface area contributed by atoms with Crippen molar-refractivity contribution in [3.63, 3.8) is 0 Å². The minimum absolute atomic E-state index is 0.239. The summed E-state index contributed by atoms with van der Waals surface area (Å²) in [5, 5.41) is 12.2. The van der Waals surface area contributed by atoms with Gasteiger partial charge in [0.05, 0.1) is 0 Å². The summed E-state index contributed by atoms with van der Waals surface area (Å²) in [4.78, 5) is 6.58. The Morgan fingerprint density at radius 3 is 2.71 bits per heavy atom. The first-order chi connectivity index (χ1) is 8.17. The molecule has 2 rings (SSSR count). The lowest BCUT2D eigenvalue weighted by atomic mass is 9.90. The Kier molecular flexibility index (Phi) is 3.30. The molecule has 0 aromatic carbocycles. The average molecular weight is 230 g/mol. The van der Waals surface area contributed by atoms with Crippen molar-refractivity contribution in [3.8, 4) is 6.07 Å². The van der Waals surface area contributed by atoms with E-state index in [1.165, 1.54) is 0 Å². The normalized spacial score (nSPS) is 18.8. The van der Waals surface area contributed by atoms with E-state index in [1.807, 2.05) is 19.2 Å². The van der Waals surface area contributed by atoms with Gasteiger partial charge in [0.1, 0.15) is 17.6 Å². The maximum Gasteiger partial charge on any atom is 0.142 e. The predicted octanol–water partition coefficient (Wildman–Crippen LogP) is 1.53. The highest BCUT2D eigenvalue weighted by Gasteiger charge is 2.28. The van der Waals surface area contributed by atoms with Gasteiger partial charge in [-0.05, 0) is 38.9 Å². The van der Waals surface area contributed by atoms with E-state index < -0.39 is 0 Å². The highest BCUT2D eigenvalue weighted by molar-refractivity contribution is 5.42. The second-order valence-corrected chi connectivity index (χ2v) is 4.79. The van der Waals surface area contributed by atoms with Crippen LogP contribution in [0.4, 0.5) is 5.82 Å². The third-order valence-corrected chi connectivity index (χ3v) is 3.64. The molecule has 0 saturated carbocycles. The summed E-state index contributed by atoms with van der Waals surface area (Å²) in [5.41, 5.74) is 0.730. The quantitative estimate of drug-likeness (QED) is 0.837. The molecule has 0 unspecified atom stereocenters. The SMILES string of the molecule is CNC1(C)CCN(c2cccc(C#N)n2)CC1. The summed E-state index contributed by atoms with van der Waals surface area (Å²) in [6, 6.07) is 7.70. The number of hydrogen-bond acceptors (Lipinski definition) is 4. The summed E-state index contributed by atoms with van der Waals surface area (Å²) in [7, 11) is 2.02. The molecule has 17 heavy (non-hydrogen) atoms. The number of hydrogen-bond donors (Lipinski definition) is 1. The van der Waals surface area contributed by atoms with Crippen LogP contribution >= 0.6 is 0 Å².